The minimum atomic E-state index is -0.856. The Hall–Kier alpha value is 0.953. The van der Waals surface area contributed by atoms with Crippen molar-refractivity contribution in [1.29, 1.82) is 0 Å². The Morgan fingerprint density at radius 1 is 0.700 bits per heavy atom. The van der Waals surface area contributed by atoms with E-state index in [4.69, 9.17) is 0 Å². The van der Waals surface area contributed by atoms with Gasteiger partial charge in [0.1, 0.15) is 0 Å². The topological polar surface area (TPSA) is 0 Å². The summed E-state index contributed by atoms with van der Waals surface area (Å²) in [6, 6.07) is 0. The van der Waals surface area contributed by atoms with Crippen LogP contribution in [0.4, 0.5) is 0 Å². The second-order valence-corrected chi connectivity index (χ2v) is 15.5. The quantitative estimate of drug-likeness (QED) is 0.490. The molecule has 0 amide bonds. The fourth-order valence-corrected chi connectivity index (χ4v) is 11.7. The van der Waals surface area contributed by atoms with E-state index in [0.717, 1.165) is 0 Å². The molecule has 0 unspecified atom stereocenters. The molecule has 0 bridgehead atoms. The molecular formula is C7H19MnSi2-. The van der Waals surface area contributed by atoms with Gasteiger partial charge in [-0.2, -0.15) is 0 Å². The van der Waals surface area contributed by atoms with E-state index in [1.807, 2.05) is 0 Å². The molecule has 3 heteroatoms. The summed E-state index contributed by atoms with van der Waals surface area (Å²) in [7, 11) is -1.71. The molecule has 0 saturated carbocycles. The van der Waals surface area contributed by atoms with Crippen molar-refractivity contribution < 1.29 is 17.1 Å². The average Bonchev–Trinajstić information content (AvgIpc) is 1.14. The summed E-state index contributed by atoms with van der Waals surface area (Å²) in [6.07, 6.45) is 0. The summed E-state index contributed by atoms with van der Waals surface area (Å²) in [5.41, 5.74) is 2.65. The first-order valence-corrected chi connectivity index (χ1v) is 10.7. The van der Waals surface area contributed by atoms with Gasteiger partial charge in [0.2, 0.25) is 0 Å². The minimum absolute atomic E-state index is 0. The molecule has 0 aliphatic rings. The Morgan fingerprint density at radius 2 is 0.900 bits per heavy atom. The molecule has 1 radical (unpaired) electrons. The number of hydrogen-bond donors (Lipinski definition) is 0. The van der Waals surface area contributed by atoms with Gasteiger partial charge in [0.25, 0.3) is 0 Å². The molecule has 0 aromatic heterocycles. The second-order valence-electron chi connectivity index (χ2n) is 4.88. The Morgan fingerprint density at radius 3 is 0.900 bits per heavy atom. The van der Waals surface area contributed by atoms with Crippen LogP contribution in [0, 0.1) is 5.67 Å². The third-order valence-corrected chi connectivity index (χ3v) is 7.79. The van der Waals surface area contributed by atoms with E-state index in [9.17, 15) is 0 Å². The van der Waals surface area contributed by atoms with Crippen LogP contribution in [0.5, 0.6) is 0 Å². The maximum absolute atomic E-state index is 2.65. The molecule has 0 N–H and O–H groups in total. The Labute approximate surface area is 78.3 Å². The predicted molar refractivity (Wildman–Crippen MR) is 51.0 cm³/mol. The molecule has 0 rings (SSSR count). The van der Waals surface area contributed by atoms with E-state index in [-0.39, 0.29) is 17.1 Å². The van der Waals surface area contributed by atoms with Gasteiger partial charge >= 0.3 is 0 Å². The van der Waals surface area contributed by atoms with Crippen molar-refractivity contribution in [3.8, 4) is 0 Å². The van der Waals surface area contributed by atoms with Crippen LogP contribution in [-0.4, -0.2) is 16.1 Å². The van der Waals surface area contributed by atoms with E-state index in [1.54, 1.807) is 0 Å². The standard InChI is InChI=1S/C7H19Si2.Mn/c1-8(2,3)7-9(4,5)6;/h7H,1-6H3;/q-1;. The van der Waals surface area contributed by atoms with Crippen LogP contribution in [0.3, 0.4) is 0 Å². The van der Waals surface area contributed by atoms with Crippen LogP contribution in [0.2, 0.25) is 39.3 Å². The Kier molecular flexibility index (Phi) is 5.55. The van der Waals surface area contributed by atoms with Crippen molar-refractivity contribution in [3.63, 3.8) is 0 Å². The van der Waals surface area contributed by atoms with Crippen LogP contribution in [0.25, 0.3) is 0 Å². The molecule has 0 atom stereocenters. The van der Waals surface area contributed by atoms with E-state index < -0.39 is 16.1 Å². The summed E-state index contributed by atoms with van der Waals surface area (Å²) in [5, 5.41) is 0. The van der Waals surface area contributed by atoms with Gasteiger partial charge in [-0.15, -0.1) is 16.1 Å². The van der Waals surface area contributed by atoms with Crippen LogP contribution in [0.15, 0.2) is 0 Å². The summed E-state index contributed by atoms with van der Waals surface area (Å²) < 4.78 is 0. The summed E-state index contributed by atoms with van der Waals surface area (Å²) in [6.45, 7) is 14.4. The SMILES string of the molecule is C[Si](C)(C)[CH-][Si](C)(C)C.[Mn]. The largest absolute Gasteiger partial charge is 0.327 e. The monoisotopic (exact) mass is 214 g/mol. The van der Waals surface area contributed by atoms with E-state index in [1.165, 1.54) is 0 Å². The first-order valence-electron chi connectivity index (χ1n) is 3.58. The zero-order valence-corrected chi connectivity index (χ0v) is 11.1. The van der Waals surface area contributed by atoms with Gasteiger partial charge in [0, 0.05) is 17.1 Å². The maximum atomic E-state index is 2.65. The molecule has 0 saturated heterocycles. The van der Waals surface area contributed by atoms with Crippen molar-refractivity contribution in [3.05, 3.63) is 5.67 Å². The van der Waals surface area contributed by atoms with Crippen LogP contribution < -0.4 is 0 Å². The first-order chi connectivity index (χ1) is 3.71. The Bertz CT molecular complexity index is 76.8. The zero-order chi connectivity index (χ0) is 7.71. The van der Waals surface area contributed by atoms with Crippen molar-refractivity contribution in [2.45, 2.75) is 39.3 Å². The van der Waals surface area contributed by atoms with Crippen molar-refractivity contribution in [2.75, 3.05) is 0 Å². The van der Waals surface area contributed by atoms with Crippen LogP contribution >= 0.6 is 0 Å². The molecule has 0 heterocycles. The summed E-state index contributed by atoms with van der Waals surface area (Å²) in [5.74, 6) is 0. The summed E-state index contributed by atoms with van der Waals surface area (Å²) >= 11 is 0. The molecule has 0 aromatic carbocycles. The van der Waals surface area contributed by atoms with Crippen molar-refractivity contribution in [2.24, 2.45) is 0 Å². The van der Waals surface area contributed by atoms with E-state index in [0.29, 0.717) is 0 Å². The van der Waals surface area contributed by atoms with Gasteiger partial charge in [-0.1, -0.05) is 39.3 Å². The molecule has 10 heavy (non-hydrogen) atoms. The molecule has 0 nitrogen and oxygen atoms in total. The third kappa shape index (κ3) is 11.7. The number of hydrogen-bond acceptors (Lipinski definition) is 0. The molecule has 0 aliphatic carbocycles. The Balaban J connectivity index is 0. The van der Waals surface area contributed by atoms with Gasteiger partial charge in [-0.25, -0.2) is 0 Å². The van der Waals surface area contributed by atoms with Gasteiger partial charge < -0.3 is 5.67 Å². The first kappa shape index (κ1) is 13.5. The normalized spacial score (nSPS) is 12.6. The number of rotatable bonds is 2. The maximum Gasteiger partial charge on any atom is 0 e. The fourth-order valence-electron chi connectivity index (χ4n) is 1.30. The molecule has 0 fully saturated rings. The van der Waals surface area contributed by atoms with Gasteiger partial charge in [0.15, 0.2) is 0 Å². The van der Waals surface area contributed by atoms with Crippen LogP contribution in [-0.2, 0) is 17.1 Å². The third-order valence-electron chi connectivity index (χ3n) is 0.866. The molecule has 0 spiro atoms. The van der Waals surface area contributed by atoms with Gasteiger partial charge in [-0.05, 0) is 0 Å². The van der Waals surface area contributed by atoms with Gasteiger partial charge in [0.05, 0.1) is 0 Å². The molecule has 0 aliphatic heterocycles. The van der Waals surface area contributed by atoms with Gasteiger partial charge in [-0.3, -0.25) is 0 Å². The molecule has 0 aromatic rings. The molecular weight excluding hydrogens is 195 g/mol. The smallest absolute Gasteiger partial charge is 0 e. The second kappa shape index (κ2) is 4.10. The predicted octanol–water partition coefficient (Wildman–Crippen LogP) is 2.94. The zero-order valence-electron chi connectivity index (χ0n) is 7.96. The van der Waals surface area contributed by atoms with E-state index >= 15 is 0 Å². The summed E-state index contributed by atoms with van der Waals surface area (Å²) in [4.78, 5) is 0. The van der Waals surface area contributed by atoms with Crippen molar-refractivity contribution >= 4 is 16.1 Å². The fraction of sp³-hybridized carbons (Fsp3) is 0.857. The minimum Gasteiger partial charge on any atom is -0.327 e. The van der Waals surface area contributed by atoms with E-state index in [2.05, 4.69) is 44.9 Å². The average molecular weight is 214 g/mol. The van der Waals surface area contributed by atoms with Crippen LogP contribution in [0.1, 0.15) is 0 Å². The van der Waals surface area contributed by atoms with Crippen molar-refractivity contribution in [1.82, 2.24) is 0 Å². The molecule has 63 valence electrons.